The Kier molecular flexibility index (Phi) is 4.34. The van der Waals surface area contributed by atoms with Gasteiger partial charge in [-0.3, -0.25) is 10.1 Å². The number of benzene rings is 1. The van der Waals surface area contributed by atoms with Gasteiger partial charge in [-0.1, -0.05) is 18.2 Å². The SMILES string of the molecule is Cc1csc(NC(=O)c2nc(C)ccc2Nc2ccccc2)n1. The molecule has 2 heterocycles. The van der Waals surface area contributed by atoms with Crippen molar-refractivity contribution in [2.45, 2.75) is 13.8 Å². The summed E-state index contributed by atoms with van der Waals surface area (Å²) < 4.78 is 0. The monoisotopic (exact) mass is 324 g/mol. The fourth-order valence-corrected chi connectivity index (χ4v) is 2.76. The summed E-state index contributed by atoms with van der Waals surface area (Å²) in [7, 11) is 0. The lowest BCUT2D eigenvalue weighted by Gasteiger charge is -2.11. The molecule has 23 heavy (non-hydrogen) atoms. The Labute approximate surface area is 138 Å². The zero-order valence-electron chi connectivity index (χ0n) is 12.8. The summed E-state index contributed by atoms with van der Waals surface area (Å²) in [4.78, 5) is 21.2. The van der Waals surface area contributed by atoms with E-state index < -0.39 is 0 Å². The molecule has 0 unspecified atom stereocenters. The molecule has 0 aliphatic carbocycles. The van der Waals surface area contributed by atoms with Gasteiger partial charge in [-0.15, -0.1) is 11.3 Å². The van der Waals surface area contributed by atoms with Crippen molar-refractivity contribution in [3.05, 3.63) is 64.9 Å². The number of rotatable bonds is 4. The number of hydrogen-bond donors (Lipinski definition) is 2. The number of aromatic nitrogens is 2. The van der Waals surface area contributed by atoms with E-state index in [1.165, 1.54) is 11.3 Å². The first kappa shape index (κ1) is 15.2. The third kappa shape index (κ3) is 3.73. The van der Waals surface area contributed by atoms with E-state index in [1.807, 2.05) is 61.7 Å². The Hall–Kier alpha value is -2.73. The van der Waals surface area contributed by atoms with Crippen LogP contribution in [-0.2, 0) is 0 Å². The number of para-hydroxylation sites is 1. The van der Waals surface area contributed by atoms with Crippen LogP contribution in [0.3, 0.4) is 0 Å². The molecule has 3 aromatic rings. The summed E-state index contributed by atoms with van der Waals surface area (Å²) in [5.41, 5.74) is 3.57. The summed E-state index contributed by atoms with van der Waals surface area (Å²) in [6.07, 6.45) is 0. The minimum Gasteiger partial charge on any atom is -0.354 e. The average Bonchev–Trinajstić information content (AvgIpc) is 2.95. The van der Waals surface area contributed by atoms with E-state index in [-0.39, 0.29) is 5.91 Å². The number of carbonyl (C=O) groups excluding carboxylic acids is 1. The van der Waals surface area contributed by atoms with Gasteiger partial charge in [0.05, 0.1) is 11.4 Å². The molecule has 0 aliphatic rings. The molecular formula is C17H16N4OS. The largest absolute Gasteiger partial charge is 0.354 e. The summed E-state index contributed by atoms with van der Waals surface area (Å²) in [6, 6.07) is 13.4. The zero-order valence-corrected chi connectivity index (χ0v) is 13.6. The van der Waals surface area contributed by atoms with Gasteiger partial charge < -0.3 is 5.32 Å². The number of anilines is 3. The molecule has 0 spiro atoms. The number of thiazole rings is 1. The zero-order chi connectivity index (χ0) is 16.2. The van der Waals surface area contributed by atoms with Crippen LogP contribution in [0.4, 0.5) is 16.5 Å². The number of aryl methyl sites for hydroxylation is 2. The van der Waals surface area contributed by atoms with Crippen molar-refractivity contribution in [3.63, 3.8) is 0 Å². The molecule has 0 fully saturated rings. The number of hydrogen-bond acceptors (Lipinski definition) is 5. The second-order valence-electron chi connectivity index (χ2n) is 5.09. The maximum Gasteiger partial charge on any atom is 0.278 e. The minimum atomic E-state index is -0.276. The van der Waals surface area contributed by atoms with Crippen LogP contribution in [-0.4, -0.2) is 15.9 Å². The molecule has 116 valence electrons. The summed E-state index contributed by atoms with van der Waals surface area (Å²) in [6.45, 7) is 3.75. The highest BCUT2D eigenvalue weighted by molar-refractivity contribution is 7.13. The van der Waals surface area contributed by atoms with Crippen LogP contribution >= 0.6 is 11.3 Å². The van der Waals surface area contributed by atoms with Crippen LogP contribution in [0.15, 0.2) is 47.8 Å². The van der Waals surface area contributed by atoms with Crippen LogP contribution in [0.2, 0.25) is 0 Å². The predicted octanol–water partition coefficient (Wildman–Crippen LogP) is 4.15. The van der Waals surface area contributed by atoms with Gasteiger partial charge in [0.2, 0.25) is 0 Å². The lowest BCUT2D eigenvalue weighted by Crippen LogP contribution is -2.16. The Morgan fingerprint density at radius 3 is 2.48 bits per heavy atom. The predicted molar refractivity (Wildman–Crippen MR) is 93.5 cm³/mol. The van der Waals surface area contributed by atoms with Gasteiger partial charge in [0.15, 0.2) is 10.8 Å². The molecule has 3 rings (SSSR count). The van der Waals surface area contributed by atoms with Crippen molar-refractivity contribution in [2.75, 3.05) is 10.6 Å². The third-order valence-electron chi connectivity index (χ3n) is 3.14. The molecule has 0 aliphatic heterocycles. The normalized spacial score (nSPS) is 10.3. The summed E-state index contributed by atoms with van der Waals surface area (Å²) in [5, 5.41) is 8.49. The van der Waals surface area contributed by atoms with Crippen LogP contribution in [0.25, 0.3) is 0 Å². The molecule has 6 heteroatoms. The van der Waals surface area contributed by atoms with Crippen molar-refractivity contribution in [1.29, 1.82) is 0 Å². The molecule has 1 amide bonds. The third-order valence-corrected chi connectivity index (χ3v) is 4.02. The van der Waals surface area contributed by atoms with Gasteiger partial charge in [0, 0.05) is 16.8 Å². The lowest BCUT2D eigenvalue weighted by atomic mass is 10.2. The Morgan fingerprint density at radius 1 is 1.00 bits per heavy atom. The molecule has 0 saturated heterocycles. The molecule has 2 aromatic heterocycles. The van der Waals surface area contributed by atoms with E-state index >= 15 is 0 Å². The van der Waals surface area contributed by atoms with E-state index in [0.29, 0.717) is 16.5 Å². The topological polar surface area (TPSA) is 66.9 Å². The number of pyridine rings is 1. The molecule has 0 atom stereocenters. The fourth-order valence-electron chi connectivity index (χ4n) is 2.08. The van der Waals surface area contributed by atoms with Crippen molar-refractivity contribution < 1.29 is 4.79 Å². The standard InChI is InChI=1S/C17H16N4OS/c1-11-8-9-14(20-13-6-4-3-5-7-13)15(18-11)16(22)21-17-19-12(2)10-23-17/h3-10,20H,1-2H3,(H,19,21,22). The fraction of sp³-hybridized carbons (Fsp3) is 0.118. The highest BCUT2D eigenvalue weighted by Crippen LogP contribution is 2.22. The minimum absolute atomic E-state index is 0.276. The first-order chi connectivity index (χ1) is 11.1. The second kappa shape index (κ2) is 6.58. The van der Waals surface area contributed by atoms with Crippen LogP contribution in [0.1, 0.15) is 21.9 Å². The highest BCUT2D eigenvalue weighted by atomic mass is 32.1. The molecule has 0 saturated carbocycles. The Morgan fingerprint density at radius 2 is 1.78 bits per heavy atom. The smallest absolute Gasteiger partial charge is 0.278 e. The van der Waals surface area contributed by atoms with Crippen molar-refractivity contribution in [1.82, 2.24) is 9.97 Å². The average molecular weight is 324 g/mol. The van der Waals surface area contributed by atoms with Crippen molar-refractivity contribution in [2.24, 2.45) is 0 Å². The van der Waals surface area contributed by atoms with Crippen LogP contribution in [0.5, 0.6) is 0 Å². The van der Waals surface area contributed by atoms with Crippen LogP contribution < -0.4 is 10.6 Å². The van der Waals surface area contributed by atoms with Gasteiger partial charge >= 0.3 is 0 Å². The molecule has 1 aromatic carbocycles. The summed E-state index contributed by atoms with van der Waals surface area (Å²) >= 11 is 1.40. The van der Waals surface area contributed by atoms with E-state index in [9.17, 15) is 4.79 Å². The van der Waals surface area contributed by atoms with Crippen molar-refractivity contribution >= 4 is 33.8 Å². The number of nitrogens with zero attached hydrogens (tertiary/aromatic N) is 2. The van der Waals surface area contributed by atoms with Gasteiger partial charge in [-0.05, 0) is 38.1 Å². The maximum atomic E-state index is 12.5. The first-order valence-corrected chi connectivity index (χ1v) is 8.03. The van der Waals surface area contributed by atoms with Crippen LogP contribution in [0, 0.1) is 13.8 Å². The number of carbonyl (C=O) groups is 1. The second-order valence-corrected chi connectivity index (χ2v) is 5.95. The lowest BCUT2D eigenvalue weighted by molar-refractivity contribution is 0.102. The van der Waals surface area contributed by atoms with E-state index in [1.54, 1.807) is 0 Å². The molecule has 5 nitrogen and oxygen atoms in total. The quantitative estimate of drug-likeness (QED) is 0.756. The van der Waals surface area contributed by atoms with Gasteiger partial charge in [-0.2, -0.15) is 0 Å². The van der Waals surface area contributed by atoms with Gasteiger partial charge in [0.25, 0.3) is 5.91 Å². The Balaban J connectivity index is 1.88. The summed E-state index contributed by atoms with van der Waals surface area (Å²) in [5.74, 6) is -0.276. The van der Waals surface area contributed by atoms with Crippen molar-refractivity contribution in [3.8, 4) is 0 Å². The number of nitrogens with one attached hydrogen (secondary N) is 2. The molecular weight excluding hydrogens is 308 g/mol. The first-order valence-electron chi connectivity index (χ1n) is 7.15. The van der Waals surface area contributed by atoms with Gasteiger partial charge in [-0.25, -0.2) is 9.97 Å². The van der Waals surface area contributed by atoms with E-state index in [4.69, 9.17) is 0 Å². The maximum absolute atomic E-state index is 12.5. The van der Waals surface area contributed by atoms with Gasteiger partial charge in [0.1, 0.15) is 0 Å². The number of amides is 1. The Bertz CT molecular complexity index is 830. The van der Waals surface area contributed by atoms with E-state index in [2.05, 4.69) is 20.6 Å². The molecule has 0 bridgehead atoms. The molecule has 2 N–H and O–H groups in total. The van der Waals surface area contributed by atoms with E-state index in [0.717, 1.165) is 17.1 Å². The molecule has 0 radical (unpaired) electrons. The highest BCUT2D eigenvalue weighted by Gasteiger charge is 2.15.